The Kier molecular flexibility index (Phi) is 5.66. The van der Waals surface area contributed by atoms with Crippen molar-refractivity contribution in [2.24, 2.45) is 5.73 Å². The maximum atomic E-state index is 12.4. The molecule has 4 nitrogen and oxygen atoms in total. The molecular weight excluding hydrogens is 334 g/mol. The summed E-state index contributed by atoms with van der Waals surface area (Å²) in [6, 6.07) is 23.8. The lowest BCUT2D eigenvalue weighted by molar-refractivity contribution is 0.103. The van der Waals surface area contributed by atoms with Gasteiger partial charge in [0.15, 0.2) is 5.78 Å². The lowest BCUT2D eigenvalue weighted by atomic mass is 10.0. The van der Waals surface area contributed by atoms with Gasteiger partial charge >= 0.3 is 0 Å². The molecule has 0 aliphatic carbocycles. The van der Waals surface area contributed by atoms with Gasteiger partial charge in [-0.25, -0.2) is 0 Å². The number of amidine groups is 1. The van der Waals surface area contributed by atoms with Crippen molar-refractivity contribution < 1.29 is 4.79 Å². The van der Waals surface area contributed by atoms with E-state index in [9.17, 15) is 4.79 Å². The van der Waals surface area contributed by atoms with Crippen molar-refractivity contribution in [2.75, 3.05) is 11.9 Å². The minimum absolute atomic E-state index is 0.00536. The molecule has 0 radical (unpaired) electrons. The van der Waals surface area contributed by atoms with Crippen LogP contribution in [0.1, 0.15) is 27.0 Å². The maximum absolute atomic E-state index is 12.4. The summed E-state index contributed by atoms with van der Waals surface area (Å²) < 4.78 is 0. The topological polar surface area (TPSA) is 79.0 Å². The highest BCUT2D eigenvalue weighted by Gasteiger charge is 2.07. The molecule has 3 aromatic rings. The second kappa shape index (κ2) is 8.50. The number of ketones is 1. The molecule has 4 heteroatoms. The summed E-state index contributed by atoms with van der Waals surface area (Å²) >= 11 is 0. The fourth-order valence-electron chi connectivity index (χ4n) is 2.52. The molecule has 0 atom stereocenters. The smallest absolute Gasteiger partial charge is 0.193 e. The van der Waals surface area contributed by atoms with Crippen molar-refractivity contribution >= 4 is 17.3 Å². The van der Waals surface area contributed by atoms with Crippen molar-refractivity contribution in [1.82, 2.24) is 0 Å². The first-order valence-electron chi connectivity index (χ1n) is 8.50. The SMILES string of the molecule is N=C(N)c1ccc(NCC#Cc2ccc(C(=O)c3ccccc3)cc2)cc1. The van der Waals surface area contributed by atoms with Crippen LogP contribution in [0, 0.1) is 17.3 Å². The van der Waals surface area contributed by atoms with Crippen LogP contribution in [0.5, 0.6) is 0 Å². The summed E-state index contributed by atoms with van der Waals surface area (Å²) in [4.78, 5) is 12.4. The van der Waals surface area contributed by atoms with E-state index in [0.29, 0.717) is 23.2 Å². The van der Waals surface area contributed by atoms with E-state index < -0.39 is 0 Å². The first kappa shape index (κ1) is 18.0. The molecule has 0 heterocycles. The van der Waals surface area contributed by atoms with Crippen LogP contribution in [0.25, 0.3) is 0 Å². The van der Waals surface area contributed by atoms with E-state index in [0.717, 1.165) is 11.3 Å². The number of nitrogens with one attached hydrogen (secondary N) is 2. The van der Waals surface area contributed by atoms with Gasteiger partial charge in [0, 0.05) is 27.9 Å². The number of carbonyl (C=O) groups excluding carboxylic acids is 1. The quantitative estimate of drug-likeness (QED) is 0.283. The number of rotatable bonds is 5. The third-order valence-corrected chi connectivity index (χ3v) is 3.99. The summed E-state index contributed by atoms with van der Waals surface area (Å²) in [5.74, 6) is 6.18. The Hall–Kier alpha value is -3.84. The summed E-state index contributed by atoms with van der Waals surface area (Å²) in [7, 11) is 0. The molecule has 0 unspecified atom stereocenters. The monoisotopic (exact) mass is 353 g/mol. The molecule has 0 bridgehead atoms. The zero-order valence-corrected chi connectivity index (χ0v) is 14.7. The molecule has 132 valence electrons. The minimum Gasteiger partial charge on any atom is -0.384 e. The van der Waals surface area contributed by atoms with E-state index in [1.54, 1.807) is 24.3 Å². The highest BCUT2D eigenvalue weighted by Crippen LogP contribution is 2.11. The first-order valence-corrected chi connectivity index (χ1v) is 8.50. The van der Waals surface area contributed by atoms with Gasteiger partial charge in [0.05, 0.1) is 6.54 Å². The molecule has 0 aromatic heterocycles. The molecule has 3 rings (SSSR count). The molecular formula is C23H19N3O. The van der Waals surface area contributed by atoms with Gasteiger partial charge in [-0.05, 0) is 48.5 Å². The van der Waals surface area contributed by atoms with E-state index in [4.69, 9.17) is 11.1 Å². The van der Waals surface area contributed by atoms with Crippen molar-refractivity contribution in [3.63, 3.8) is 0 Å². The molecule has 27 heavy (non-hydrogen) atoms. The Bertz CT molecular complexity index is 995. The lowest BCUT2D eigenvalue weighted by Gasteiger charge is -2.03. The van der Waals surface area contributed by atoms with Crippen LogP contribution >= 0.6 is 0 Å². The van der Waals surface area contributed by atoms with Gasteiger partial charge in [-0.15, -0.1) is 0 Å². The summed E-state index contributed by atoms with van der Waals surface area (Å²) in [6.07, 6.45) is 0. The van der Waals surface area contributed by atoms with Crippen LogP contribution < -0.4 is 11.1 Å². The van der Waals surface area contributed by atoms with E-state index >= 15 is 0 Å². The number of hydrogen-bond donors (Lipinski definition) is 3. The Morgan fingerprint density at radius 1 is 0.852 bits per heavy atom. The number of carbonyl (C=O) groups is 1. The molecule has 0 aliphatic heterocycles. The number of hydrogen-bond acceptors (Lipinski definition) is 3. The highest BCUT2D eigenvalue weighted by molar-refractivity contribution is 6.08. The molecule has 0 saturated carbocycles. The van der Waals surface area contributed by atoms with Crippen LogP contribution in [0.2, 0.25) is 0 Å². The minimum atomic E-state index is 0.00536. The number of benzene rings is 3. The van der Waals surface area contributed by atoms with Crippen LogP contribution in [0.15, 0.2) is 78.9 Å². The summed E-state index contributed by atoms with van der Waals surface area (Å²) in [5.41, 5.74) is 9.22. The van der Waals surface area contributed by atoms with Gasteiger partial charge in [0.25, 0.3) is 0 Å². The predicted octanol–water partition coefficient (Wildman–Crippen LogP) is 3.67. The third kappa shape index (κ3) is 4.83. The molecule has 0 fully saturated rings. The Morgan fingerprint density at radius 3 is 2.07 bits per heavy atom. The van der Waals surface area contributed by atoms with Crippen molar-refractivity contribution in [3.05, 3.63) is 101 Å². The first-order chi connectivity index (χ1) is 13.1. The lowest BCUT2D eigenvalue weighted by Crippen LogP contribution is -2.10. The Labute approximate surface area is 158 Å². The van der Waals surface area contributed by atoms with Crippen LogP contribution in [0.3, 0.4) is 0 Å². The van der Waals surface area contributed by atoms with Crippen LogP contribution in [0.4, 0.5) is 5.69 Å². The Morgan fingerprint density at radius 2 is 1.44 bits per heavy atom. The van der Waals surface area contributed by atoms with E-state index in [-0.39, 0.29) is 11.6 Å². The van der Waals surface area contributed by atoms with E-state index in [1.807, 2.05) is 54.6 Å². The van der Waals surface area contributed by atoms with Gasteiger partial charge in [-0.1, -0.05) is 42.2 Å². The van der Waals surface area contributed by atoms with Crippen molar-refractivity contribution in [2.45, 2.75) is 0 Å². The molecule has 0 spiro atoms. The fourth-order valence-corrected chi connectivity index (χ4v) is 2.52. The Balaban J connectivity index is 1.57. The summed E-state index contributed by atoms with van der Waals surface area (Å²) in [5, 5.41) is 10.6. The maximum Gasteiger partial charge on any atom is 0.193 e. The van der Waals surface area contributed by atoms with Gasteiger partial charge in [0.1, 0.15) is 5.84 Å². The zero-order valence-electron chi connectivity index (χ0n) is 14.7. The number of nitrogens with two attached hydrogens (primary N) is 1. The zero-order chi connectivity index (χ0) is 19.1. The molecule has 0 saturated heterocycles. The third-order valence-electron chi connectivity index (χ3n) is 3.99. The standard InChI is InChI=1S/C23H19N3O/c24-23(25)20-12-14-21(15-13-20)26-16-4-5-17-8-10-19(11-9-17)22(27)18-6-2-1-3-7-18/h1-3,6-15,26H,16H2,(H3,24,25). The number of nitrogen functional groups attached to an aromatic ring is 1. The normalized spacial score (nSPS) is 9.78. The summed E-state index contributed by atoms with van der Waals surface area (Å²) in [6.45, 7) is 0.490. The number of anilines is 1. The fraction of sp³-hybridized carbons (Fsp3) is 0.0435. The van der Waals surface area contributed by atoms with Crippen LogP contribution in [-0.2, 0) is 0 Å². The van der Waals surface area contributed by atoms with Crippen LogP contribution in [-0.4, -0.2) is 18.2 Å². The second-order valence-electron chi connectivity index (χ2n) is 5.92. The average Bonchev–Trinajstić information content (AvgIpc) is 2.72. The molecule has 0 amide bonds. The highest BCUT2D eigenvalue weighted by atomic mass is 16.1. The largest absolute Gasteiger partial charge is 0.384 e. The molecule has 0 aliphatic rings. The molecule has 3 aromatic carbocycles. The van der Waals surface area contributed by atoms with E-state index in [1.165, 1.54) is 0 Å². The van der Waals surface area contributed by atoms with Gasteiger partial charge in [-0.3, -0.25) is 10.2 Å². The van der Waals surface area contributed by atoms with Crippen molar-refractivity contribution in [3.8, 4) is 11.8 Å². The van der Waals surface area contributed by atoms with E-state index in [2.05, 4.69) is 17.2 Å². The molecule has 4 N–H and O–H groups in total. The van der Waals surface area contributed by atoms with Gasteiger partial charge < -0.3 is 11.1 Å². The van der Waals surface area contributed by atoms with Gasteiger partial charge in [0.2, 0.25) is 0 Å². The predicted molar refractivity (Wildman–Crippen MR) is 109 cm³/mol. The second-order valence-corrected chi connectivity index (χ2v) is 5.92. The van der Waals surface area contributed by atoms with Gasteiger partial charge in [-0.2, -0.15) is 0 Å². The van der Waals surface area contributed by atoms with Crippen molar-refractivity contribution in [1.29, 1.82) is 5.41 Å². The average molecular weight is 353 g/mol.